The molecule has 0 bridgehead atoms. The van der Waals surface area contributed by atoms with Crippen LogP contribution in [0.25, 0.3) is 0 Å². The van der Waals surface area contributed by atoms with E-state index in [1.54, 1.807) is 0 Å². The van der Waals surface area contributed by atoms with Crippen molar-refractivity contribution in [1.29, 1.82) is 0 Å². The fourth-order valence-electron chi connectivity index (χ4n) is 0.299. The van der Waals surface area contributed by atoms with Gasteiger partial charge >= 0.3 is 7.82 Å². The number of hydrogen-bond acceptors (Lipinski definition) is 7. The lowest BCUT2D eigenvalue weighted by Gasteiger charge is -2.03. The van der Waals surface area contributed by atoms with Gasteiger partial charge in [-0.25, -0.2) is 9.45 Å². The Kier molecular flexibility index (Phi) is 7.57. The average Bonchev–Trinajstić information content (AvgIpc) is 2.08. The van der Waals surface area contributed by atoms with E-state index in [1.165, 1.54) is 0 Å². The monoisotopic (exact) mass is 232 g/mol. The molecule has 0 rings (SSSR count). The van der Waals surface area contributed by atoms with Gasteiger partial charge in [0.1, 0.15) is 12.9 Å². The van der Waals surface area contributed by atoms with Crippen LogP contribution in [-0.2, 0) is 34.0 Å². The molecule has 0 spiro atoms. The maximum atomic E-state index is 10.1. The van der Waals surface area contributed by atoms with Crippen LogP contribution in [0.3, 0.4) is 0 Å². The van der Waals surface area contributed by atoms with Crippen molar-refractivity contribution in [2.45, 2.75) is 0 Å². The van der Waals surface area contributed by atoms with Gasteiger partial charge in [-0.3, -0.25) is 4.52 Å². The SMILES string of the molecule is C=COOOOOCCOP(=O)(O)O. The first kappa shape index (κ1) is 13.5. The Balaban J connectivity index is 3.07. The molecular weight excluding hydrogens is 223 g/mol. The summed E-state index contributed by atoms with van der Waals surface area (Å²) in [4.78, 5) is 24.5. The Morgan fingerprint density at radius 3 is 2.50 bits per heavy atom. The molecule has 0 aromatic heterocycles. The van der Waals surface area contributed by atoms with E-state index in [2.05, 4.69) is 36.0 Å². The molecule has 0 unspecified atom stereocenters. The summed E-state index contributed by atoms with van der Waals surface area (Å²) in [5.41, 5.74) is 0. The number of hydrogen-bond donors (Lipinski definition) is 2. The van der Waals surface area contributed by atoms with E-state index in [1.807, 2.05) is 0 Å². The van der Waals surface area contributed by atoms with Crippen molar-refractivity contribution < 1.29 is 43.8 Å². The molecule has 9 nitrogen and oxygen atoms in total. The van der Waals surface area contributed by atoms with Crippen LogP contribution >= 0.6 is 7.82 Å². The van der Waals surface area contributed by atoms with E-state index in [4.69, 9.17) is 9.79 Å². The Labute approximate surface area is 78.7 Å². The molecule has 0 heterocycles. The minimum Gasteiger partial charge on any atom is -0.315 e. The molecule has 84 valence electrons. The predicted octanol–water partition coefficient (Wildman–Crippen LogP) is -0.0178. The van der Waals surface area contributed by atoms with Crippen molar-refractivity contribution in [3.63, 3.8) is 0 Å². The van der Waals surface area contributed by atoms with Gasteiger partial charge in [-0.05, 0) is 5.04 Å². The third-order valence-corrected chi connectivity index (χ3v) is 1.16. The summed E-state index contributed by atoms with van der Waals surface area (Å²) in [5, 5.41) is 11.3. The van der Waals surface area contributed by atoms with Crippen LogP contribution in [0.2, 0.25) is 0 Å². The summed E-state index contributed by atoms with van der Waals surface area (Å²) in [6.45, 7) is 2.45. The van der Waals surface area contributed by atoms with E-state index in [0.717, 1.165) is 6.26 Å². The second-order valence-corrected chi connectivity index (χ2v) is 2.85. The standard InChI is InChI=1S/C4H9O9P/c1-2-8-11-13-12-9-3-4-10-14(5,6)7/h2H,1,3-4H2,(H2,5,6,7). The highest BCUT2D eigenvalue weighted by Crippen LogP contribution is 2.35. The molecule has 0 aliphatic rings. The highest BCUT2D eigenvalue weighted by molar-refractivity contribution is 7.46. The zero-order valence-corrected chi connectivity index (χ0v) is 7.79. The summed E-state index contributed by atoms with van der Waals surface area (Å²) in [6, 6.07) is 0. The topological polar surface area (TPSA) is 113 Å². The third-order valence-electron chi connectivity index (χ3n) is 0.637. The summed E-state index contributed by atoms with van der Waals surface area (Å²) in [7, 11) is -4.48. The molecule has 14 heavy (non-hydrogen) atoms. The molecule has 0 radical (unpaired) electrons. The van der Waals surface area contributed by atoms with Crippen molar-refractivity contribution >= 4 is 7.82 Å². The molecule has 0 amide bonds. The fourth-order valence-corrected chi connectivity index (χ4v) is 0.611. The number of phosphoric ester groups is 1. The van der Waals surface area contributed by atoms with Crippen LogP contribution < -0.4 is 0 Å². The lowest BCUT2D eigenvalue weighted by Crippen LogP contribution is -2.04. The van der Waals surface area contributed by atoms with E-state index >= 15 is 0 Å². The van der Waals surface area contributed by atoms with Crippen molar-refractivity contribution in [1.82, 2.24) is 0 Å². The zero-order chi connectivity index (χ0) is 10.9. The summed E-state index contributed by atoms with van der Waals surface area (Å²) in [6.07, 6.45) is 0.917. The van der Waals surface area contributed by atoms with E-state index in [-0.39, 0.29) is 13.2 Å². The lowest BCUT2D eigenvalue weighted by molar-refractivity contribution is -0.700. The number of phosphoric acid groups is 1. The normalized spacial score (nSPS) is 11.3. The smallest absolute Gasteiger partial charge is 0.315 e. The molecule has 0 saturated heterocycles. The van der Waals surface area contributed by atoms with Crippen LogP contribution in [-0.4, -0.2) is 23.0 Å². The maximum absolute atomic E-state index is 10.1. The van der Waals surface area contributed by atoms with Gasteiger partial charge in [-0.1, -0.05) is 6.58 Å². The molecule has 0 saturated carbocycles. The number of rotatable bonds is 9. The molecule has 10 heteroatoms. The van der Waals surface area contributed by atoms with Crippen molar-refractivity contribution in [3.05, 3.63) is 12.8 Å². The first-order chi connectivity index (χ1) is 6.56. The first-order valence-corrected chi connectivity index (χ1v) is 4.68. The summed E-state index contributed by atoms with van der Waals surface area (Å²) < 4.78 is 14.1. The molecular formula is C4H9O9P. The van der Waals surface area contributed by atoms with Gasteiger partial charge in [0, 0.05) is 10.1 Å². The minimum absolute atomic E-state index is 0.275. The maximum Gasteiger partial charge on any atom is 0.469 e. The van der Waals surface area contributed by atoms with Crippen LogP contribution in [0.4, 0.5) is 0 Å². The molecule has 0 aliphatic heterocycles. The van der Waals surface area contributed by atoms with E-state index in [9.17, 15) is 4.57 Å². The molecule has 0 aromatic carbocycles. The van der Waals surface area contributed by atoms with Gasteiger partial charge in [0.2, 0.25) is 0 Å². The van der Waals surface area contributed by atoms with Crippen LogP contribution in [0.5, 0.6) is 0 Å². The van der Waals surface area contributed by atoms with Crippen LogP contribution in [0.15, 0.2) is 12.8 Å². The highest BCUT2D eigenvalue weighted by Gasteiger charge is 2.12. The molecule has 0 aliphatic carbocycles. The summed E-state index contributed by atoms with van der Waals surface area (Å²) in [5.74, 6) is 0. The van der Waals surface area contributed by atoms with Crippen molar-refractivity contribution in [2.24, 2.45) is 0 Å². The fraction of sp³-hybridized carbons (Fsp3) is 0.500. The first-order valence-electron chi connectivity index (χ1n) is 3.15. The Morgan fingerprint density at radius 1 is 1.21 bits per heavy atom. The van der Waals surface area contributed by atoms with Gasteiger partial charge in [0.15, 0.2) is 0 Å². The molecule has 0 aromatic rings. The van der Waals surface area contributed by atoms with Crippen molar-refractivity contribution in [2.75, 3.05) is 13.2 Å². The van der Waals surface area contributed by atoms with Gasteiger partial charge in [-0.15, -0.1) is 0 Å². The van der Waals surface area contributed by atoms with Gasteiger partial charge in [0.05, 0.1) is 6.61 Å². The second-order valence-electron chi connectivity index (χ2n) is 1.61. The Bertz CT molecular complexity index is 187. The average molecular weight is 232 g/mol. The van der Waals surface area contributed by atoms with Crippen molar-refractivity contribution in [3.8, 4) is 0 Å². The van der Waals surface area contributed by atoms with Gasteiger partial charge < -0.3 is 14.7 Å². The second kappa shape index (κ2) is 7.85. The van der Waals surface area contributed by atoms with Crippen LogP contribution in [0.1, 0.15) is 0 Å². The van der Waals surface area contributed by atoms with E-state index in [0.29, 0.717) is 0 Å². The third kappa shape index (κ3) is 11.5. The summed E-state index contributed by atoms with van der Waals surface area (Å²) >= 11 is 0. The van der Waals surface area contributed by atoms with Gasteiger partial charge in [-0.2, -0.15) is 0 Å². The quantitative estimate of drug-likeness (QED) is 0.186. The predicted molar refractivity (Wildman–Crippen MR) is 38.5 cm³/mol. The lowest BCUT2D eigenvalue weighted by atomic mass is 10.8. The molecule has 0 atom stereocenters. The highest BCUT2D eigenvalue weighted by atomic mass is 31.2. The Morgan fingerprint density at radius 2 is 1.93 bits per heavy atom. The zero-order valence-electron chi connectivity index (χ0n) is 6.90. The molecule has 0 fully saturated rings. The van der Waals surface area contributed by atoms with Crippen LogP contribution in [0, 0.1) is 0 Å². The Hall–Kier alpha value is -0.510. The minimum atomic E-state index is -4.48. The molecule has 2 N–H and O–H groups in total. The van der Waals surface area contributed by atoms with E-state index < -0.39 is 7.82 Å². The van der Waals surface area contributed by atoms with Gasteiger partial charge in [0.25, 0.3) is 0 Å². The largest absolute Gasteiger partial charge is 0.469 e.